The molecule has 0 spiro atoms. The molecule has 28 heavy (non-hydrogen) atoms. The van der Waals surface area contributed by atoms with E-state index in [2.05, 4.69) is 6.92 Å². The van der Waals surface area contributed by atoms with Crippen LogP contribution in [0.3, 0.4) is 0 Å². The number of unbranched alkanes of at least 4 members (excludes halogenated alkanes) is 2. The molecule has 1 heterocycles. The second kappa shape index (κ2) is 11.6. The standard InChI is InChI=1S/C23H32N2O2S/c1-4-5-7-14-22(26)25(19(2)3)18-23(27)24(17-21-13-10-15-28-21)16-20-11-8-6-9-12-20/h6,8-13,15,19H,4-5,7,14,16-18H2,1-3H3. The zero-order valence-electron chi connectivity index (χ0n) is 17.3. The molecule has 2 aromatic rings. The van der Waals surface area contributed by atoms with Crippen LogP contribution in [0.15, 0.2) is 47.8 Å². The largest absolute Gasteiger partial charge is 0.332 e. The number of benzene rings is 1. The van der Waals surface area contributed by atoms with E-state index < -0.39 is 0 Å². The quantitative estimate of drug-likeness (QED) is 0.493. The Hall–Kier alpha value is -2.14. The zero-order valence-corrected chi connectivity index (χ0v) is 18.1. The van der Waals surface area contributed by atoms with E-state index in [1.165, 1.54) is 0 Å². The molecule has 0 saturated carbocycles. The van der Waals surface area contributed by atoms with E-state index in [0.29, 0.717) is 19.5 Å². The molecule has 0 bridgehead atoms. The first kappa shape index (κ1) is 22.2. The average molecular weight is 401 g/mol. The summed E-state index contributed by atoms with van der Waals surface area (Å²) in [4.78, 5) is 30.5. The highest BCUT2D eigenvalue weighted by Gasteiger charge is 2.23. The van der Waals surface area contributed by atoms with Crippen molar-refractivity contribution >= 4 is 23.2 Å². The van der Waals surface area contributed by atoms with Crippen molar-refractivity contribution < 1.29 is 9.59 Å². The van der Waals surface area contributed by atoms with Gasteiger partial charge >= 0.3 is 0 Å². The van der Waals surface area contributed by atoms with E-state index in [0.717, 1.165) is 29.7 Å². The molecular weight excluding hydrogens is 368 g/mol. The summed E-state index contributed by atoms with van der Waals surface area (Å²) < 4.78 is 0. The van der Waals surface area contributed by atoms with Gasteiger partial charge in [-0.05, 0) is 37.3 Å². The fourth-order valence-electron chi connectivity index (χ4n) is 3.10. The van der Waals surface area contributed by atoms with Crippen LogP contribution in [0.4, 0.5) is 0 Å². The lowest BCUT2D eigenvalue weighted by Crippen LogP contribution is -2.45. The summed E-state index contributed by atoms with van der Waals surface area (Å²) in [5.74, 6) is 0.0716. The van der Waals surface area contributed by atoms with Crippen molar-refractivity contribution in [3.05, 3.63) is 58.3 Å². The molecule has 0 atom stereocenters. The van der Waals surface area contributed by atoms with Crippen LogP contribution in [0, 0.1) is 0 Å². The highest BCUT2D eigenvalue weighted by atomic mass is 32.1. The number of carbonyl (C=O) groups is 2. The van der Waals surface area contributed by atoms with E-state index in [1.807, 2.05) is 66.6 Å². The smallest absolute Gasteiger partial charge is 0.242 e. The van der Waals surface area contributed by atoms with Crippen LogP contribution in [-0.2, 0) is 22.7 Å². The maximum Gasteiger partial charge on any atom is 0.242 e. The third-order valence-electron chi connectivity index (χ3n) is 4.74. The van der Waals surface area contributed by atoms with Gasteiger partial charge in [-0.2, -0.15) is 0 Å². The van der Waals surface area contributed by atoms with Crippen molar-refractivity contribution in [2.45, 2.75) is 65.6 Å². The lowest BCUT2D eigenvalue weighted by molar-refractivity contribution is -0.142. The summed E-state index contributed by atoms with van der Waals surface area (Å²) in [7, 11) is 0. The first-order chi connectivity index (χ1) is 13.5. The summed E-state index contributed by atoms with van der Waals surface area (Å²) in [6.07, 6.45) is 3.53. The van der Waals surface area contributed by atoms with Gasteiger partial charge in [-0.1, -0.05) is 56.2 Å². The molecule has 0 unspecified atom stereocenters. The van der Waals surface area contributed by atoms with E-state index in [4.69, 9.17) is 0 Å². The van der Waals surface area contributed by atoms with E-state index in [-0.39, 0.29) is 24.4 Å². The van der Waals surface area contributed by atoms with Gasteiger partial charge in [0.1, 0.15) is 0 Å². The molecule has 2 amide bonds. The van der Waals surface area contributed by atoms with Crippen LogP contribution in [0.5, 0.6) is 0 Å². The van der Waals surface area contributed by atoms with Crippen LogP contribution in [0.2, 0.25) is 0 Å². The van der Waals surface area contributed by atoms with Crippen LogP contribution in [-0.4, -0.2) is 34.2 Å². The van der Waals surface area contributed by atoms with Gasteiger partial charge in [0.25, 0.3) is 0 Å². The normalized spacial score (nSPS) is 10.9. The van der Waals surface area contributed by atoms with Gasteiger partial charge in [0.15, 0.2) is 0 Å². The fraction of sp³-hybridized carbons (Fsp3) is 0.478. The molecule has 4 nitrogen and oxygen atoms in total. The topological polar surface area (TPSA) is 40.6 Å². The number of amides is 2. The lowest BCUT2D eigenvalue weighted by atomic mass is 10.1. The summed E-state index contributed by atoms with van der Waals surface area (Å²) in [5.41, 5.74) is 1.10. The number of nitrogens with zero attached hydrogens (tertiary/aromatic N) is 2. The second-order valence-electron chi connectivity index (χ2n) is 7.39. The summed E-state index contributed by atoms with van der Waals surface area (Å²) >= 11 is 1.65. The third kappa shape index (κ3) is 7.12. The van der Waals surface area contributed by atoms with E-state index in [9.17, 15) is 9.59 Å². The zero-order chi connectivity index (χ0) is 20.4. The number of thiophene rings is 1. The third-order valence-corrected chi connectivity index (χ3v) is 5.60. The molecule has 2 rings (SSSR count). The minimum absolute atomic E-state index is 0.00482. The van der Waals surface area contributed by atoms with Crippen molar-refractivity contribution in [1.82, 2.24) is 9.80 Å². The Kier molecular flexibility index (Phi) is 9.21. The molecule has 0 fully saturated rings. The molecular formula is C23H32N2O2S. The Morgan fingerprint density at radius 3 is 2.32 bits per heavy atom. The molecule has 0 aliphatic carbocycles. The molecule has 0 N–H and O–H groups in total. The first-order valence-electron chi connectivity index (χ1n) is 10.1. The predicted octanol–water partition coefficient (Wildman–Crippen LogP) is 5.09. The molecule has 0 radical (unpaired) electrons. The molecule has 1 aromatic carbocycles. The van der Waals surface area contributed by atoms with Crippen LogP contribution < -0.4 is 0 Å². The van der Waals surface area contributed by atoms with Crippen molar-refractivity contribution in [3.8, 4) is 0 Å². The van der Waals surface area contributed by atoms with E-state index in [1.54, 1.807) is 16.2 Å². The number of carbonyl (C=O) groups excluding carboxylic acids is 2. The first-order valence-corrected chi connectivity index (χ1v) is 11.0. The maximum atomic E-state index is 13.2. The number of rotatable bonds is 11. The van der Waals surface area contributed by atoms with Gasteiger partial charge in [-0.15, -0.1) is 11.3 Å². The van der Waals surface area contributed by atoms with E-state index >= 15 is 0 Å². The van der Waals surface area contributed by atoms with Gasteiger partial charge in [0.05, 0.1) is 13.1 Å². The molecule has 152 valence electrons. The van der Waals surface area contributed by atoms with Crippen molar-refractivity contribution in [2.24, 2.45) is 0 Å². The minimum atomic E-state index is -0.00482. The Balaban J connectivity index is 2.09. The highest BCUT2D eigenvalue weighted by molar-refractivity contribution is 7.09. The Morgan fingerprint density at radius 1 is 0.964 bits per heavy atom. The van der Waals surface area contributed by atoms with Gasteiger partial charge in [0, 0.05) is 23.9 Å². The number of hydrogen-bond donors (Lipinski definition) is 0. The Bertz CT molecular complexity index is 713. The van der Waals surface area contributed by atoms with Crippen molar-refractivity contribution in [1.29, 1.82) is 0 Å². The lowest BCUT2D eigenvalue weighted by Gasteiger charge is -2.30. The van der Waals surface area contributed by atoms with Crippen LogP contribution in [0.1, 0.15) is 56.9 Å². The van der Waals surface area contributed by atoms with Crippen molar-refractivity contribution in [3.63, 3.8) is 0 Å². The SMILES string of the molecule is CCCCCC(=O)N(CC(=O)N(Cc1ccccc1)Cc1cccs1)C(C)C. The van der Waals surface area contributed by atoms with Gasteiger partial charge < -0.3 is 9.80 Å². The minimum Gasteiger partial charge on any atom is -0.332 e. The van der Waals surface area contributed by atoms with Gasteiger partial charge in [-0.3, -0.25) is 9.59 Å². The monoisotopic (exact) mass is 400 g/mol. The Morgan fingerprint density at radius 2 is 1.71 bits per heavy atom. The fourth-order valence-corrected chi connectivity index (χ4v) is 3.82. The van der Waals surface area contributed by atoms with Gasteiger partial charge in [-0.25, -0.2) is 0 Å². The van der Waals surface area contributed by atoms with Crippen LogP contribution in [0.25, 0.3) is 0 Å². The molecule has 0 aliphatic rings. The van der Waals surface area contributed by atoms with Crippen molar-refractivity contribution in [2.75, 3.05) is 6.54 Å². The molecule has 0 aliphatic heterocycles. The molecule has 1 aromatic heterocycles. The molecule has 0 saturated heterocycles. The molecule has 5 heteroatoms. The highest BCUT2D eigenvalue weighted by Crippen LogP contribution is 2.16. The second-order valence-corrected chi connectivity index (χ2v) is 8.42. The van der Waals surface area contributed by atoms with Gasteiger partial charge in [0.2, 0.25) is 11.8 Å². The average Bonchev–Trinajstić information content (AvgIpc) is 3.19. The maximum absolute atomic E-state index is 13.2. The Labute approximate surface area is 173 Å². The summed E-state index contributed by atoms with van der Waals surface area (Å²) in [6, 6.07) is 14.1. The number of hydrogen-bond acceptors (Lipinski definition) is 3. The predicted molar refractivity (Wildman–Crippen MR) is 116 cm³/mol. The van der Waals surface area contributed by atoms with Crippen LogP contribution >= 0.6 is 11.3 Å². The summed E-state index contributed by atoms with van der Waals surface area (Å²) in [6.45, 7) is 7.34. The summed E-state index contributed by atoms with van der Waals surface area (Å²) in [5, 5.41) is 2.03.